The second-order valence-electron chi connectivity index (χ2n) is 4.83. The van der Waals surface area contributed by atoms with Gasteiger partial charge in [0.15, 0.2) is 0 Å². The highest BCUT2D eigenvalue weighted by Gasteiger charge is 2.33. The molecule has 0 radical (unpaired) electrons. The van der Waals surface area contributed by atoms with Crippen LogP contribution in [0.2, 0.25) is 0 Å². The number of carbonyl (C=O) groups excluding carboxylic acids is 3. The second kappa shape index (κ2) is 6.38. The Morgan fingerprint density at radius 2 is 2.29 bits per heavy atom. The number of nitrogens with zero attached hydrogens (tertiary/aromatic N) is 3. The fourth-order valence-electron chi connectivity index (χ4n) is 2.21. The fourth-order valence-corrected chi connectivity index (χ4v) is 2.21. The molecule has 0 bridgehead atoms. The first-order valence-corrected chi connectivity index (χ1v) is 6.71. The largest absolute Gasteiger partial charge is 0.468 e. The van der Waals surface area contributed by atoms with Crippen molar-refractivity contribution in [3.8, 4) is 0 Å². The van der Waals surface area contributed by atoms with Crippen molar-refractivity contribution < 1.29 is 19.1 Å². The summed E-state index contributed by atoms with van der Waals surface area (Å²) in [5.74, 6) is -0.978. The molecule has 2 rings (SSSR count). The third-order valence-electron chi connectivity index (χ3n) is 3.39. The quantitative estimate of drug-likeness (QED) is 0.763. The van der Waals surface area contributed by atoms with Gasteiger partial charge in [-0.3, -0.25) is 19.1 Å². The smallest absolute Gasteiger partial charge is 0.327 e. The summed E-state index contributed by atoms with van der Waals surface area (Å²) in [6, 6.07) is 0. The zero-order valence-electron chi connectivity index (χ0n) is 12.0. The van der Waals surface area contributed by atoms with Crippen LogP contribution in [0, 0.1) is 5.92 Å². The van der Waals surface area contributed by atoms with E-state index in [0.29, 0.717) is 18.8 Å². The number of ether oxygens (including phenoxy) is 1. The third-order valence-corrected chi connectivity index (χ3v) is 3.39. The highest BCUT2D eigenvalue weighted by molar-refractivity contribution is 5.97. The van der Waals surface area contributed by atoms with Crippen LogP contribution in [-0.2, 0) is 25.7 Å². The minimum Gasteiger partial charge on any atom is -0.468 e. The summed E-state index contributed by atoms with van der Waals surface area (Å²) in [5, 5.41) is 6.66. The average Bonchev–Trinajstić information content (AvgIpc) is 3.05. The Morgan fingerprint density at radius 1 is 1.52 bits per heavy atom. The minimum atomic E-state index is -0.420. The van der Waals surface area contributed by atoms with E-state index in [1.807, 2.05) is 6.92 Å². The van der Waals surface area contributed by atoms with E-state index in [0.717, 1.165) is 0 Å². The van der Waals surface area contributed by atoms with Gasteiger partial charge in [-0.2, -0.15) is 5.10 Å². The van der Waals surface area contributed by atoms with Crippen LogP contribution >= 0.6 is 0 Å². The molecule has 1 fully saturated rings. The molecule has 0 aromatic carbocycles. The van der Waals surface area contributed by atoms with Crippen LogP contribution < -0.4 is 5.32 Å². The van der Waals surface area contributed by atoms with E-state index in [1.54, 1.807) is 11.1 Å². The second-order valence-corrected chi connectivity index (χ2v) is 4.83. The summed E-state index contributed by atoms with van der Waals surface area (Å²) in [6.07, 6.45) is 3.23. The molecular formula is C13H18N4O4. The van der Waals surface area contributed by atoms with Gasteiger partial charge in [-0.25, -0.2) is 0 Å². The average molecular weight is 294 g/mol. The number of nitrogens with one attached hydrogen (secondary N) is 1. The standard InChI is InChI=1S/C13H18N4O4/c1-3-16-6-9(4-11(16)18)13(20)15-10-5-14-17(7-10)8-12(19)21-2/h5,7,9H,3-4,6,8H2,1-2H3,(H,15,20). The van der Waals surface area contributed by atoms with E-state index in [-0.39, 0.29) is 30.7 Å². The predicted molar refractivity (Wildman–Crippen MR) is 73.2 cm³/mol. The molecular weight excluding hydrogens is 276 g/mol. The van der Waals surface area contributed by atoms with Crippen molar-refractivity contribution in [3.05, 3.63) is 12.4 Å². The number of aromatic nitrogens is 2. The van der Waals surface area contributed by atoms with Crippen LogP contribution in [-0.4, -0.2) is 52.7 Å². The van der Waals surface area contributed by atoms with Crippen molar-refractivity contribution >= 4 is 23.5 Å². The lowest BCUT2D eigenvalue weighted by molar-refractivity contribution is -0.141. The lowest BCUT2D eigenvalue weighted by Crippen LogP contribution is -2.28. The van der Waals surface area contributed by atoms with Crippen LogP contribution in [0.15, 0.2) is 12.4 Å². The van der Waals surface area contributed by atoms with Gasteiger partial charge in [0, 0.05) is 25.7 Å². The number of hydrogen-bond acceptors (Lipinski definition) is 5. The summed E-state index contributed by atoms with van der Waals surface area (Å²) in [5.41, 5.74) is 0.492. The zero-order chi connectivity index (χ0) is 15.4. The van der Waals surface area contributed by atoms with E-state index < -0.39 is 5.97 Å². The molecule has 1 aromatic rings. The van der Waals surface area contributed by atoms with Gasteiger partial charge >= 0.3 is 5.97 Å². The Labute approximate surface area is 122 Å². The summed E-state index contributed by atoms with van der Waals surface area (Å²) >= 11 is 0. The van der Waals surface area contributed by atoms with E-state index >= 15 is 0 Å². The number of carbonyl (C=O) groups is 3. The molecule has 1 atom stereocenters. The first kappa shape index (κ1) is 15.0. The number of anilines is 1. The Bertz CT molecular complexity index is 554. The topological polar surface area (TPSA) is 93.5 Å². The van der Waals surface area contributed by atoms with Crippen LogP contribution in [0.5, 0.6) is 0 Å². The first-order chi connectivity index (χ1) is 10.0. The first-order valence-electron chi connectivity index (χ1n) is 6.71. The van der Waals surface area contributed by atoms with Gasteiger partial charge in [0.05, 0.1) is 24.9 Å². The summed E-state index contributed by atoms with van der Waals surface area (Å²) < 4.78 is 5.91. The van der Waals surface area contributed by atoms with Crippen molar-refractivity contribution in [2.75, 3.05) is 25.5 Å². The molecule has 0 saturated carbocycles. The molecule has 2 heterocycles. The number of amides is 2. The van der Waals surface area contributed by atoms with Crippen LogP contribution in [0.25, 0.3) is 0 Å². The Hall–Kier alpha value is -2.38. The van der Waals surface area contributed by atoms with E-state index in [1.165, 1.54) is 18.0 Å². The van der Waals surface area contributed by atoms with E-state index in [4.69, 9.17) is 0 Å². The molecule has 1 N–H and O–H groups in total. The highest BCUT2D eigenvalue weighted by Crippen LogP contribution is 2.19. The van der Waals surface area contributed by atoms with Crippen LogP contribution in [0.4, 0.5) is 5.69 Å². The zero-order valence-corrected chi connectivity index (χ0v) is 12.0. The molecule has 114 valence electrons. The van der Waals surface area contributed by atoms with Gasteiger partial charge in [0.2, 0.25) is 11.8 Å². The van der Waals surface area contributed by atoms with Crippen molar-refractivity contribution in [1.82, 2.24) is 14.7 Å². The molecule has 1 saturated heterocycles. The van der Waals surface area contributed by atoms with Crippen LogP contribution in [0.3, 0.4) is 0 Å². The van der Waals surface area contributed by atoms with Crippen molar-refractivity contribution in [2.45, 2.75) is 19.9 Å². The maximum atomic E-state index is 12.1. The van der Waals surface area contributed by atoms with Crippen molar-refractivity contribution in [1.29, 1.82) is 0 Å². The molecule has 0 spiro atoms. The molecule has 1 unspecified atom stereocenters. The Balaban J connectivity index is 1.91. The number of hydrogen-bond donors (Lipinski definition) is 1. The minimum absolute atomic E-state index is 0.000892. The Kier molecular flexibility index (Phi) is 4.56. The molecule has 21 heavy (non-hydrogen) atoms. The van der Waals surface area contributed by atoms with Gasteiger partial charge in [0.1, 0.15) is 6.54 Å². The molecule has 2 amide bonds. The SMILES string of the molecule is CCN1CC(C(=O)Nc2cnn(CC(=O)OC)c2)CC1=O. The van der Waals surface area contributed by atoms with Gasteiger partial charge < -0.3 is 15.0 Å². The molecule has 8 heteroatoms. The lowest BCUT2D eigenvalue weighted by Gasteiger charge is -2.13. The maximum absolute atomic E-state index is 12.1. The lowest BCUT2D eigenvalue weighted by atomic mass is 10.1. The van der Waals surface area contributed by atoms with Gasteiger partial charge in [-0.1, -0.05) is 0 Å². The summed E-state index contributed by atoms with van der Waals surface area (Å²) in [6.45, 7) is 2.92. The third kappa shape index (κ3) is 3.59. The molecule has 1 aromatic heterocycles. The normalized spacial score (nSPS) is 17.9. The number of rotatable bonds is 5. The summed E-state index contributed by atoms with van der Waals surface area (Å²) in [4.78, 5) is 36.5. The summed E-state index contributed by atoms with van der Waals surface area (Å²) in [7, 11) is 1.30. The predicted octanol–water partition coefficient (Wildman–Crippen LogP) is -0.137. The number of esters is 1. The van der Waals surface area contributed by atoms with Crippen molar-refractivity contribution in [3.63, 3.8) is 0 Å². The van der Waals surface area contributed by atoms with Gasteiger partial charge in [-0.05, 0) is 6.92 Å². The molecule has 1 aliphatic heterocycles. The maximum Gasteiger partial charge on any atom is 0.327 e. The fraction of sp³-hybridized carbons (Fsp3) is 0.538. The van der Waals surface area contributed by atoms with E-state index in [2.05, 4.69) is 15.2 Å². The van der Waals surface area contributed by atoms with Gasteiger partial charge in [-0.15, -0.1) is 0 Å². The molecule has 0 aliphatic carbocycles. The Morgan fingerprint density at radius 3 is 2.90 bits per heavy atom. The molecule has 1 aliphatic rings. The van der Waals surface area contributed by atoms with E-state index in [9.17, 15) is 14.4 Å². The van der Waals surface area contributed by atoms with Crippen LogP contribution in [0.1, 0.15) is 13.3 Å². The monoisotopic (exact) mass is 294 g/mol. The number of likely N-dealkylation sites (tertiary alicyclic amines) is 1. The molecule has 8 nitrogen and oxygen atoms in total. The highest BCUT2D eigenvalue weighted by atomic mass is 16.5. The van der Waals surface area contributed by atoms with Gasteiger partial charge in [0.25, 0.3) is 0 Å². The van der Waals surface area contributed by atoms with Crippen molar-refractivity contribution in [2.24, 2.45) is 5.92 Å². The number of methoxy groups -OCH3 is 1.